The molecule has 0 unspecified atom stereocenters. The smallest absolute Gasteiger partial charge is 0.146 e. The topological polar surface area (TPSA) is 44.9 Å². The molecule has 20 heavy (non-hydrogen) atoms. The first-order valence-corrected chi connectivity index (χ1v) is 6.79. The van der Waals surface area contributed by atoms with E-state index >= 15 is 0 Å². The Bertz CT molecular complexity index is 505. The predicted molar refractivity (Wildman–Crippen MR) is 81.4 cm³/mol. The third-order valence-electron chi connectivity index (χ3n) is 3.60. The molecule has 1 aliphatic rings. The summed E-state index contributed by atoms with van der Waals surface area (Å²) in [6, 6.07) is 5.22. The van der Waals surface area contributed by atoms with Crippen LogP contribution in [0.2, 0.25) is 0 Å². The van der Waals surface area contributed by atoms with Gasteiger partial charge in [0.2, 0.25) is 0 Å². The summed E-state index contributed by atoms with van der Waals surface area (Å²) >= 11 is 0. The van der Waals surface area contributed by atoms with Crippen molar-refractivity contribution in [1.29, 1.82) is 0 Å². The summed E-state index contributed by atoms with van der Waals surface area (Å²) in [5.74, 6) is 0.761. The van der Waals surface area contributed by atoms with E-state index in [1.165, 1.54) is 6.07 Å². The average molecular weight is 276 g/mol. The van der Waals surface area contributed by atoms with Crippen LogP contribution in [0.15, 0.2) is 36.0 Å². The highest BCUT2D eigenvalue weighted by Gasteiger charge is 2.20. The zero-order valence-electron chi connectivity index (χ0n) is 11.8. The van der Waals surface area contributed by atoms with Gasteiger partial charge in [0.1, 0.15) is 11.7 Å². The molecule has 1 aromatic rings. The number of aliphatic imine (C=N–C) groups is 1. The molecule has 0 atom stereocenters. The quantitative estimate of drug-likeness (QED) is 0.678. The number of piperazine rings is 1. The van der Waals surface area contributed by atoms with Crippen LogP contribution in [-0.2, 0) is 6.54 Å². The molecule has 2 rings (SSSR count). The van der Waals surface area contributed by atoms with E-state index in [-0.39, 0.29) is 5.82 Å². The minimum atomic E-state index is -0.196. The Hall–Kier alpha value is -1.88. The van der Waals surface area contributed by atoms with Gasteiger partial charge in [-0.05, 0) is 24.6 Å². The Labute approximate surface area is 119 Å². The molecule has 2 N–H and O–H groups in total. The minimum Gasteiger partial charge on any atom is -0.366 e. The number of hydrogen-bond donors (Lipinski definition) is 1. The van der Waals surface area contributed by atoms with Gasteiger partial charge in [-0.1, -0.05) is 12.6 Å². The maximum atomic E-state index is 14.1. The second kappa shape index (κ2) is 6.52. The average Bonchev–Trinajstić information content (AvgIpc) is 2.47. The van der Waals surface area contributed by atoms with E-state index in [1.807, 2.05) is 19.1 Å². The molecule has 0 amide bonds. The van der Waals surface area contributed by atoms with Crippen molar-refractivity contribution < 1.29 is 4.39 Å². The maximum Gasteiger partial charge on any atom is 0.146 e. The zero-order valence-corrected chi connectivity index (χ0v) is 11.8. The molecule has 0 bridgehead atoms. The second-order valence-electron chi connectivity index (χ2n) is 4.82. The highest BCUT2D eigenvalue weighted by Crippen LogP contribution is 2.22. The van der Waals surface area contributed by atoms with Gasteiger partial charge >= 0.3 is 0 Å². The van der Waals surface area contributed by atoms with E-state index in [0.717, 1.165) is 37.6 Å². The lowest BCUT2D eigenvalue weighted by atomic mass is 10.1. The van der Waals surface area contributed by atoms with Gasteiger partial charge in [0, 0.05) is 38.9 Å². The molecule has 4 nitrogen and oxygen atoms in total. The van der Waals surface area contributed by atoms with Gasteiger partial charge in [0.25, 0.3) is 0 Å². The van der Waals surface area contributed by atoms with Crippen LogP contribution in [0, 0.1) is 5.82 Å². The number of rotatable bonds is 3. The summed E-state index contributed by atoms with van der Waals surface area (Å²) in [5, 5.41) is 0. The number of benzene rings is 1. The largest absolute Gasteiger partial charge is 0.366 e. The molecule has 1 saturated heterocycles. The van der Waals surface area contributed by atoms with Crippen LogP contribution in [-0.4, -0.2) is 36.9 Å². The van der Waals surface area contributed by atoms with Crippen molar-refractivity contribution in [2.24, 2.45) is 10.7 Å². The molecular formula is C15H21FN4. The summed E-state index contributed by atoms with van der Waals surface area (Å²) in [6.07, 6.45) is 1.55. The number of halogens is 1. The number of anilines is 1. The summed E-state index contributed by atoms with van der Waals surface area (Å²) in [7, 11) is 0. The Morgan fingerprint density at radius 1 is 1.40 bits per heavy atom. The first-order valence-electron chi connectivity index (χ1n) is 6.79. The first-order chi connectivity index (χ1) is 9.65. The van der Waals surface area contributed by atoms with Gasteiger partial charge in [-0.25, -0.2) is 9.38 Å². The molecule has 0 aliphatic carbocycles. The number of amidine groups is 1. The molecule has 0 radical (unpaired) electrons. The lowest BCUT2D eigenvalue weighted by molar-refractivity contribution is 0.382. The third kappa shape index (κ3) is 3.17. The first kappa shape index (κ1) is 14.5. The van der Waals surface area contributed by atoms with Crippen LogP contribution >= 0.6 is 0 Å². The fourth-order valence-electron chi connectivity index (χ4n) is 2.42. The molecule has 0 aromatic heterocycles. The summed E-state index contributed by atoms with van der Waals surface area (Å²) < 4.78 is 14.1. The van der Waals surface area contributed by atoms with Crippen molar-refractivity contribution >= 4 is 11.5 Å². The van der Waals surface area contributed by atoms with Crippen LogP contribution in [0.25, 0.3) is 0 Å². The lowest BCUT2D eigenvalue weighted by Gasteiger charge is -2.37. The van der Waals surface area contributed by atoms with Gasteiger partial charge in [-0.3, -0.25) is 0 Å². The van der Waals surface area contributed by atoms with Crippen LogP contribution in [0.5, 0.6) is 0 Å². The van der Waals surface area contributed by atoms with Crippen molar-refractivity contribution in [2.45, 2.75) is 13.5 Å². The number of nitrogens with zero attached hydrogens (tertiary/aromatic N) is 3. The summed E-state index contributed by atoms with van der Waals surface area (Å²) in [6.45, 7) is 9.16. The third-order valence-corrected chi connectivity index (χ3v) is 3.60. The Balaban J connectivity index is 2.04. The lowest BCUT2D eigenvalue weighted by Crippen LogP contribution is -2.48. The monoisotopic (exact) mass is 276 g/mol. The Morgan fingerprint density at radius 2 is 2.10 bits per heavy atom. The molecule has 108 valence electrons. The van der Waals surface area contributed by atoms with Gasteiger partial charge < -0.3 is 15.5 Å². The van der Waals surface area contributed by atoms with E-state index in [0.29, 0.717) is 12.2 Å². The highest BCUT2D eigenvalue weighted by molar-refractivity contribution is 5.80. The minimum absolute atomic E-state index is 0.196. The molecule has 0 spiro atoms. The van der Waals surface area contributed by atoms with E-state index in [1.54, 1.807) is 6.20 Å². The van der Waals surface area contributed by atoms with Gasteiger partial charge in [-0.2, -0.15) is 0 Å². The zero-order chi connectivity index (χ0) is 14.5. The molecule has 1 heterocycles. The van der Waals surface area contributed by atoms with Crippen LogP contribution in [0.3, 0.4) is 0 Å². The predicted octanol–water partition coefficient (Wildman–Crippen LogP) is 1.97. The van der Waals surface area contributed by atoms with Crippen molar-refractivity contribution in [1.82, 2.24) is 4.90 Å². The van der Waals surface area contributed by atoms with Gasteiger partial charge in [0.15, 0.2) is 0 Å². The Kier molecular flexibility index (Phi) is 4.74. The summed E-state index contributed by atoms with van der Waals surface area (Å²) in [5.41, 5.74) is 6.99. The fourth-order valence-corrected chi connectivity index (χ4v) is 2.42. The SMILES string of the molecule is C=CN=C(C)N1CCN(c2ccc(CN)cc2F)CC1. The second-order valence-corrected chi connectivity index (χ2v) is 4.82. The number of hydrogen-bond acceptors (Lipinski definition) is 3. The van der Waals surface area contributed by atoms with Gasteiger partial charge in [0.05, 0.1) is 5.69 Å². The fraction of sp³-hybridized carbons (Fsp3) is 0.400. The van der Waals surface area contributed by atoms with Gasteiger partial charge in [-0.15, -0.1) is 0 Å². The molecule has 0 saturated carbocycles. The summed E-state index contributed by atoms with van der Waals surface area (Å²) in [4.78, 5) is 8.43. The highest BCUT2D eigenvalue weighted by atomic mass is 19.1. The molecular weight excluding hydrogens is 255 g/mol. The molecule has 5 heteroatoms. The van der Waals surface area contributed by atoms with Crippen molar-refractivity contribution in [3.05, 3.63) is 42.4 Å². The standard InChI is InChI=1S/C15H21FN4/c1-3-18-12(2)19-6-8-20(9-7-19)15-5-4-13(11-17)10-14(15)16/h3-5,10H,1,6-9,11,17H2,2H3. The number of nitrogens with two attached hydrogens (primary N) is 1. The molecule has 1 fully saturated rings. The Morgan fingerprint density at radius 3 is 2.65 bits per heavy atom. The molecule has 1 aromatic carbocycles. The van der Waals surface area contributed by atoms with Crippen molar-refractivity contribution in [3.63, 3.8) is 0 Å². The normalized spacial score (nSPS) is 16.4. The molecule has 1 aliphatic heterocycles. The maximum absolute atomic E-state index is 14.1. The van der Waals surface area contributed by atoms with E-state index in [9.17, 15) is 4.39 Å². The van der Waals surface area contributed by atoms with E-state index < -0.39 is 0 Å². The van der Waals surface area contributed by atoms with E-state index in [4.69, 9.17) is 5.73 Å². The van der Waals surface area contributed by atoms with Crippen molar-refractivity contribution in [3.8, 4) is 0 Å². The van der Waals surface area contributed by atoms with E-state index in [2.05, 4.69) is 21.4 Å². The van der Waals surface area contributed by atoms with Crippen LogP contribution < -0.4 is 10.6 Å². The van der Waals surface area contributed by atoms with Crippen molar-refractivity contribution in [2.75, 3.05) is 31.1 Å². The van der Waals surface area contributed by atoms with Crippen LogP contribution in [0.1, 0.15) is 12.5 Å². The van der Waals surface area contributed by atoms with Crippen LogP contribution in [0.4, 0.5) is 10.1 Å².